The van der Waals surface area contributed by atoms with Crippen LogP contribution in [0.3, 0.4) is 0 Å². The van der Waals surface area contributed by atoms with Crippen LogP contribution in [0.25, 0.3) is 33.2 Å². The maximum atomic E-state index is 11.9. The predicted molar refractivity (Wildman–Crippen MR) is 143 cm³/mol. The number of hydrogen-bond acceptors (Lipinski definition) is 6. The van der Waals surface area contributed by atoms with E-state index in [1.165, 1.54) is 18.5 Å². The molecule has 0 saturated heterocycles. The van der Waals surface area contributed by atoms with Crippen LogP contribution in [0.2, 0.25) is 10.0 Å². The van der Waals surface area contributed by atoms with Crippen molar-refractivity contribution in [3.8, 4) is 22.4 Å². The van der Waals surface area contributed by atoms with E-state index in [2.05, 4.69) is 20.5 Å². The molecule has 180 valence electrons. The van der Waals surface area contributed by atoms with Crippen molar-refractivity contribution in [3.63, 3.8) is 0 Å². The van der Waals surface area contributed by atoms with Crippen LogP contribution in [-0.2, 0) is 16.6 Å². The average Bonchev–Trinajstić information content (AvgIpc) is 2.86. The second-order valence-electron chi connectivity index (χ2n) is 8.08. The summed E-state index contributed by atoms with van der Waals surface area (Å²) in [5, 5.41) is 20.3. The number of hydrogen-bond donors (Lipinski definition) is 2. The van der Waals surface area contributed by atoms with Crippen LogP contribution in [0, 0.1) is 0 Å². The molecule has 0 aliphatic rings. The van der Waals surface area contributed by atoms with Gasteiger partial charge in [0.2, 0.25) is 10.0 Å². The SMILES string of the molecule is NS(=O)(=O)c1cncc(-c2nnc(NCc3cc(Cl)cc(Cl)c3)c3c(-c4ccccc4)cccc23)c1. The minimum Gasteiger partial charge on any atom is -0.364 e. The van der Waals surface area contributed by atoms with E-state index in [-0.39, 0.29) is 4.90 Å². The topological polar surface area (TPSA) is 111 Å². The molecule has 0 fully saturated rings. The van der Waals surface area contributed by atoms with Gasteiger partial charge in [-0.3, -0.25) is 4.98 Å². The van der Waals surface area contributed by atoms with Gasteiger partial charge in [0.25, 0.3) is 0 Å². The van der Waals surface area contributed by atoms with Gasteiger partial charge in [0.15, 0.2) is 5.82 Å². The summed E-state index contributed by atoms with van der Waals surface area (Å²) >= 11 is 12.3. The summed E-state index contributed by atoms with van der Waals surface area (Å²) in [6.07, 6.45) is 2.74. The molecule has 5 rings (SSSR count). The molecule has 0 bridgehead atoms. The normalized spacial score (nSPS) is 11.5. The van der Waals surface area contributed by atoms with E-state index in [4.69, 9.17) is 28.3 Å². The summed E-state index contributed by atoms with van der Waals surface area (Å²) < 4.78 is 23.8. The minimum atomic E-state index is -3.94. The second kappa shape index (κ2) is 9.83. The van der Waals surface area contributed by atoms with E-state index in [1.54, 1.807) is 6.07 Å². The first-order valence-electron chi connectivity index (χ1n) is 10.8. The Kier molecular flexibility index (Phi) is 6.59. The van der Waals surface area contributed by atoms with Crippen molar-refractivity contribution in [1.29, 1.82) is 0 Å². The molecule has 3 aromatic carbocycles. The standard InChI is InChI=1S/C26H19Cl2N5O2S/c27-19-9-16(10-20(28)12-19)13-31-26-24-22(17-5-2-1-3-6-17)7-4-8-23(24)25(32-33-26)18-11-21(15-30-14-18)36(29,34)35/h1-12,14-15H,13H2,(H,31,33)(H2,29,34,35). The first kappa shape index (κ1) is 24.1. The fourth-order valence-corrected chi connectivity index (χ4v) is 5.08. The summed E-state index contributed by atoms with van der Waals surface area (Å²) in [6, 6.07) is 22.5. The summed E-state index contributed by atoms with van der Waals surface area (Å²) in [4.78, 5) is 3.96. The highest BCUT2D eigenvalue weighted by atomic mass is 35.5. The number of pyridine rings is 1. The van der Waals surface area contributed by atoms with Gasteiger partial charge in [-0.15, -0.1) is 10.2 Å². The van der Waals surface area contributed by atoms with Crippen molar-refractivity contribution in [1.82, 2.24) is 15.2 Å². The summed E-state index contributed by atoms with van der Waals surface area (Å²) in [5.41, 5.74) is 3.78. The number of nitrogens with zero attached hydrogens (tertiary/aromatic N) is 3. The zero-order valence-electron chi connectivity index (χ0n) is 18.7. The van der Waals surface area contributed by atoms with Gasteiger partial charge >= 0.3 is 0 Å². The highest BCUT2D eigenvalue weighted by Gasteiger charge is 2.18. The molecular formula is C26H19Cl2N5O2S. The smallest absolute Gasteiger partial charge is 0.239 e. The molecule has 0 aliphatic carbocycles. The molecule has 0 saturated carbocycles. The number of benzene rings is 3. The first-order valence-corrected chi connectivity index (χ1v) is 13.1. The molecule has 2 aromatic heterocycles. The molecule has 0 spiro atoms. The summed E-state index contributed by atoms with van der Waals surface area (Å²) in [6.45, 7) is 0.412. The number of fused-ring (bicyclic) bond motifs is 1. The third-order valence-electron chi connectivity index (χ3n) is 5.59. The van der Waals surface area contributed by atoms with Crippen molar-refractivity contribution in [2.24, 2.45) is 5.14 Å². The lowest BCUT2D eigenvalue weighted by Crippen LogP contribution is -2.12. The maximum absolute atomic E-state index is 11.9. The Bertz CT molecular complexity index is 1680. The van der Waals surface area contributed by atoms with Crippen molar-refractivity contribution in [2.75, 3.05) is 5.32 Å². The average molecular weight is 536 g/mol. The molecule has 3 N–H and O–H groups in total. The number of aromatic nitrogens is 3. The third kappa shape index (κ3) is 5.03. The van der Waals surface area contributed by atoms with Gasteiger partial charge in [-0.25, -0.2) is 13.6 Å². The summed E-state index contributed by atoms with van der Waals surface area (Å²) in [7, 11) is -3.94. The minimum absolute atomic E-state index is 0.103. The van der Waals surface area contributed by atoms with Gasteiger partial charge in [0, 0.05) is 45.3 Å². The van der Waals surface area contributed by atoms with Crippen molar-refractivity contribution >= 4 is 49.8 Å². The van der Waals surface area contributed by atoms with Crippen LogP contribution in [-0.4, -0.2) is 23.6 Å². The Labute approximate surface area is 218 Å². The Hall–Kier alpha value is -3.56. The second-order valence-corrected chi connectivity index (χ2v) is 10.5. The number of nitrogens with two attached hydrogens (primary N) is 1. The lowest BCUT2D eigenvalue weighted by atomic mass is 9.96. The monoisotopic (exact) mass is 535 g/mol. The first-order chi connectivity index (χ1) is 17.3. The Morgan fingerprint density at radius 1 is 0.833 bits per heavy atom. The van der Waals surface area contributed by atoms with E-state index in [9.17, 15) is 8.42 Å². The molecule has 0 amide bonds. The third-order valence-corrected chi connectivity index (χ3v) is 6.91. The lowest BCUT2D eigenvalue weighted by molar-refractivity contribution is 0.597. The molecule has 7 nitrogen and oxygen atoms in total. The van der Waals surface area contributed by atoms with Gasteiger partial charge < -0.3 is 5.32 Å². The molecule has 0 aliphatic heterocycles. The molecule has 0 radical (unpaired) electrons. The van der Waals surface area contributed by atoms with E-state index in [1.807, 2.05) is 60.7 Å². The van der Waals surface area contributed by atoms with E-state index in [0.29, 0.717) is 33.7 Å². The van der Waals surface area contributed by atoms with Gasteiger partial charge in [-0.2, -0.15) is 0 Å². The van der Waals surface area contributed by atoms with E-state index in [0.717, 1.165) is 27.5 Å². The fourth-order valence-electron chi connectivity index (χ4n) is 4.01. The quantitative estimate of drug-likeness (QED) is 0.279. The van der Waals surface area contributed by atoms with Crippen LogP contribution in [0.4, 0.5) is 5.82 Å². The maximum Gasteiger partial charge on any atom is 0.239 e. The van der Waals surface area contributed by atoms with Gasteiger partial charge in [-0.05, 0) is 41.0 Å². The lowest BCUT2D eigenvalue weighted by Gasteiger charge is -2.15. The molecular weight excluding hydrogens is 517 g/mol. The van der Waals surface area contributed by atoms with E-state index >= 15 is 0 Å². The molecule has 10 heteroatoms. The predicted octanol–water partition coefficient (Wildman–Crippen LogP) is 5.93. The molecule has 36 heavy (non-hydrogen) atoms. The van der Waals surface area contributed by atoms with Gasteiger partial charge in [0.05, 0.1) is 0 Å². The zero-order chi connectivity index (χ0) is 25.3. The number of primary sulfonamides is 1. The highest BCUT2D eigenvalue weighted by Crippen LogP contribution is 2.37. The Morgan fingerprint density at radius 3 is 2.31 bits per heavy atom. The van der Waals surface area contributed by atoms with Gasteiger partial charge in [-0.1, -0.05) is 71.7 Å². The van der Waals surface area contributed by atoms with Crippen LogP contribution in [0.5, 0.6) is 0 Å². The molecule has 5 aromatic rings. The number of halogens is 2. The fraction of sp³-hybridized carbons (Fsp3) is 0.0385. The Morgan fingerprint density at radius 2 is 1.58 bits per heavy atom. The summed E-state index contributed by atoms with van der Waals surface area (Å²) in [5.74, 6) is 0.555. The largest absolute Gasteiger partial charge is 0.364 e. The van der Waals surface area contributed by atoms with Crippen LogP contribution in [0.1, 0.15) is 5.56 Å². The van der Waals surface area contributed by atoms with Crippen molar-refractivity contribution in [2.45, 2.75) is 11.4 Å². The van der Waals surface area contributed by atoms with E-state index < -0.39 is 10.0 Å². The number of rotatable bonds is 6. The molecule has 0 unspecified atom stereocenters. The molecule has 0 atom stereocenters. The van der Waals surface area contributed by atoms with Crippen LogP contribution in [0.15, 0.2) is 90.1 Å². The number of anilines is 1. The molecule has 2 heterocycles. The Balaban J connectivity index is 1.69. The van der Waals surface area contributed by atoms with Crippen LogP contribution < -0.4 is 10.5 Å². The van der Waals surface area contributed by atoms with Crippen molar-refractivity contribution < 1.29 is 8.42 Å². The highest BCUT2D eigenvalue weighted by molar-refractivity contribution is 7.89. The van der Waals surface area contributed by atoms with Gasteiger partial charge in [0.1, 0.15) is 10.6 Å². The number of sulfonamides is 1. The number of nitrogens with one attached hydrogen (secondary N) is 1. The zero-order valence-corrected chi connectivity index (χ0v) is 21.0. The van der Waals surface area contributed by atoms with Crippen LogP contribution >= 0.6 is 23.2 Å². The van der Waals surface area contributed by atoms with Crippen molar-refractivity contribution in [3.05, 3.63) is 101 Å².